The quantitative estimate of drug-likeness (QED) is 0.143. The van der Waals surface area contributed by atoms with Gasteiger partial charge in [0.25, 0.3) is 17.6 Å². The van der Waals surface area contributed by atoms with Crippen molar-refractivity contribution in [3.63, 3.8) is 0 Å². The zero-order valence-electron chi connectivity index (χ0n) is 30.3. The summed E-state index contributed by atoms with van der Waals surface area (Å²) in [7, 11) is 1.49. The second-order valence-corrected chi connectivity index (χ2v) is 14.5. The average Bonchev–Trinajstić information content (AvgIpc) is 3.91. The first-order valence-electron chi connectivity index (χ1n) is 18.0. The number of piperazine rings is 1. The van der Waals surface area contributed by atoms with Gasteiger partial charge in [0.2, 0.25) is 0 Å². The van der Waals surface area contributed by atoms with Gasteiger partial charge in [0.05, 0.1) is 18.4 Å². The van der Waals surface area contributed by atoms with Gasteiger partial charge < -0.3 is 19.7 Å². The molecular weight excluding hydrogens is 616 g/mol. The number of anilines is 1. The molecule has 0 spiro atoms. The third kappa shape index (κ3) is 9.00. The van der Waals surface area contributed by atoms with Crippen LogP contribution in [0.4, 0.5) is 5.69 Å². The molecule has 5 rings (SSSR count). The molecule has 1 N–H and O–H groups in total. The van der Waals surface area contributed by atoms with E-state index in [4.69, 9.17) is 9.47 Å². The predicted molar refractivity (Wildman–Crippen MR) is 196 cm³/mol. The molecule has 9 nitrogen and oxygen atoms in total. The van der Waals surface area contributed by atoms with Crippen LogP contribution in [0.2, 0.25) is 0 Å². The molecule has 0 unspecified atom stereocenters. The molecule has 0 aromatic heterocycles. The number of ketones is 1. The molecular formula is C40H54N4O5. The van der Waals surface area contributed by atoms with Gasteiger partial charge in [0.1, 0.15) is 12.4 Å². The number of amides is 2. The molecule has 264 valence electrons. The van der Waals surface area contributed by atoms with E-state index in [0.29, 0.717) is 42.1 Å². The first kappa shape index (κ1) is 36.3. The second-order valence-electron chi connectivity index (χ2n) is 14.5. The first-order valence-corrected chi connectivity index (χ1v) is 18.0. The fourth-order valence-corrected chi connectivity index (χ4v) is 6.65. The minimum absolute atomic E-state index is 0.134. The third-order valence-corrected chi connectivity index (χ3v) is 9.59. The standard InChI is InChI=1S/C40H54N4O5/c1-7-17-42(18-8-2)23-24-49-35-16-15-32(30-11-9-10-12-31(30)35)36(45)38(46)41-34-26-29(40(3,4)5)25-33(37(34)48-6)39(47)44-21-19-43(20-22-44)27-28-13-14-28/h9-12,15-16,25-26,28H,7-8,13-14,17-24,27H2,1-6H3,(H,41,46). The summed E-state index contributed by atoms with van der Waals surface area (Å²) in [6.07, 6.45) is 4.79. The van der Waals surface area contributed by atoms with E-state index in [2.05, 4.69) is 49.7 Å². The van der Waals surface area contributed by atoms with Crippen molar-refractivity contribution < 1.29 is 23.9 Å². The highest BCUT2D eigenvalue weighted by Crippen LogP contribution is 2.37. The largest absolute Gasteiger partial charge is 0.494 e. The van der Waals surface area contributed by atoms with Crippen molar-refractivity contribution in [3.8, 4) is 11.5 Å². The van der Waals surface area contributed by atoms with E-state index in [0.717, 1.165) is 69.0 Å². The topological polar surface area (TPSA) is 91.4 Å². The number of benzene rings is 3. The Morgan fingerprint density at radius 3 is 2.16 bits per heavy atom. The molecule has 1 aliphatic carbocycles. The lowest BCUT2D eigenvalue weighted by molar-refractivity contribution is -0.112. The number of nitrogens with zero attached hydrogens (tertiary/aromatic N) is 3. The predicted octanol–water partition coefficient (Wildman–Crippen LogP) is 6.64. The van der Waals surface area contributed by atoms with E-state index in [-0.39, 0.29) is 22.6 Å². The van der Waals surface area contributed by atoms with E-state index in [1.54, 1.807) is 12.1 Å². The maximum Gasteiger partial charge on any atom is 0.296 e. The van der Waals surface area contributed by atoms with Crippen LogP contribution in [0.25, 0.3) is 10.8 Å². The van der Waals surface area contributed by atoms with Gasteiger partial charge in [0.15, 0.2) is 5.75 Å². The van der Waals surface area contributed by atoms with Crippen LogP contribution in [0.1, 0.15) is 86.6 Å². The summed E-state index contributed by atoms with van der Waals surface area (Å²) in [6, 6.07) is 14.6. The Bertz CT molecular complexity index is 1630. The van der Waals surface area contributed by atoms with Crippen LogP contribution in [0, 0.1) is 5.92 Å². The highest BCUT2D eigenvalue weighted by Gasteiger charge is 2.31. The highest BCUT2D eigenvalue weighted by atomic mass is 16.5. The lowest BCUT2D eigenvalue weighted by atomic mass is 9.85. The SMILES string of the molecule is CCCN(CCC)CCOc1ccc(C(=O)C(=O)Nc2cc(C(C)(C)C)cc(C(=O)N3CCN(CC4CC4)CC3)c2OC)c2ccccc12. The Morgan fingerprint density at radius 2 is 1.55 bits per heavy atom. The maximum atomic E-state index is 14.0. The van der Waals surface area contributed by atoms with Crippen molar-refractivity contribution in [2.24, 2.45) is 5.92 Å². The number of fused-ring (bicyclic) bond motifs is 1. The van der Waals surface area contributed by atoms with Crippen LogP contribution in [-0.4, -0.2) is 98.4 Å². The molecule has 0 radical (unpaired) electrons. The molecule has 2 amide bonds. The van der Waals surface area contributed by atoms with E-state index in [1.165, 1.54) is 20.0 Å². The maximum absolute atomic E-state index is 14.0. The highest BCUT2D eigenvalue weighted by molar-refractivity contribution is 6.48. The van der Waals surface area contributed by atoms with Crippen LogP contribution < -0.4 is 14.8 Å². The zero-order valence-corrected chi connectivity index (χ0v) is 30.3. The number of carbonyl (C=O) groups is 3. The molecule has 49 heavy (non-hydrogen) atoms. The number of hydrogen-bond acceptors (Lipinski definition) is 7. The van der Waals surface area contributed by atoms with Crippen LogP contribution >= 0.6 is 0 Å². The first-order chi connectivity index (χ1) is 23.5. The fourth-order valence-electron chi connectivity index (χ4n) is 6.65. The third-order valence-electron chi connectivity index (χ3n) is 9.59. The Morgan fingerprint density at radius 1 is 0.878 bits per heavy atom. The Hall–Kier alpha value is -3.95. The number of Topliss-reactive ketones (excluding diaryl/α,β-unsaturated/α-hetero) is 1. The molecule has 1 heterocycles. The van der Waals surface area contributed by atoms with Crippen LogP contribution in [0.5, 0.6) is 11.5 Å². The molecule has 2 aliphatic rings. The molecule has 1 saturated carbocycles. The van der Waals surface area contributed by atoms with E-state index >= 15 is 0 Å². The van der Waals surface area contributed by atoms with Crippen molar-refractivity contribution in [1.29, 1.82) is 0 Å². The Kier molecular flexibility index (Phi) is 12.0. The summed E-state index contributed by atoms with van der Waals surface area (Å²) < 4.78 is 12.0. The average molecular weight is 671 g/mol. The van der Waals surface area contributed by atoms with Crippen molar-refractivity contribution >= 4 is 34.1 Å². The second kappa shape index (κ2) is 16.2. The molecule has 0 bridgehead atoms. The molecule has 2 fully saturated rings. The monoisotopic (exact) mass is 670 g/mol. The number of hydrogen-bond donors (Lipinski definition) is 1. The van der Waals surface area contributed by atoms with Gasteiger partial charge in [-0.15, -0.1) is 0 Å². The van der Waals surface area contributed by atoms with Gasteiger partial charge in [-0.25, -0.2) is 0 Å². The molecule has 1 aliphatic heterocycles. The number of ether oxygens (including phenoxy) is 2. The minimum Gasteiger partial charge on any atom is -0.494 e. The molecule has 3 aromatic carbocycles. The lowest BCUT2D eigenvalue weighted by Gasteiger charge is -2.35. The smallest absolute Gasteiger partial charge is 0.296 e. The van der Waals surface area contributed by atoms with Gasteiger partial charge in [-0.1, -0.05) is 58.9 Å². The Balaban J connectivity index is 1.36. The molecule has 9 heteroatoms. The lowest BCUT2D eigenvalue weighted by Crippen LogP contribution is -2.49. The number of methoxy groups -OCH3 is 1. The van der Waals surface area contributed by atoms with E-state index in [1.807, 2.05) is 41.3 Å². The summed E-state index contributed by atoms with van der Waals surface area (Å²) >= 11 is 0. The minimum atomic E-state index is -0.801. The van der Waals surface area contributed by atoms with E-state index in [9.17, 15) is 14.4 Å². The van der Waals surface area contributed by atoms with Crippen LogP contribution in [0.3, 0.4) is 0 Å². The number of carbonyl (C=O) groups excluding carboxylic acids is 3. The summed E-state index contributed by atoms with van der Waals surface area (Å²) in [5.41, 5.74) is 1.50. The van der Waals surface area contributed by atoms with Crippen molar-refractivity contribution in [3.05, 3.63) is 65.2 Å². The normalized spacial score (nSPS) is 15.4. The number of rotatable bonds is 15. The summed E-state index contributed by atoms with van der Waals surface area (Å²) in [5, 5.41) is 4.25. The summed E-state index contributed by atoms with van der Waals surface area (Å²) in [4.78, 5) is 48.2. The van der Waals surface area contributed by atoms with Gasteiger partial charge in [-0.2, -0.15) is 0 Å². The molecule has 3 aromatic rings. The fraction of sp³-hybridized carbons (Fsp3) is 0.525. The van der Waals surface area contributed by atoms with Crippen molar-refractivity contribution in [2.45, 2.75) is 65.7 Å². The number of nitrogens with one attached hydrogen (secondary N) is 1. The van der Waals surface area contributed by atoms with Crippen molar-refractivity contribution in [2.75, 3.05) is 71.4 Å². The summed E-state index contributed by atoms with van der Waals surface area (Å²) in [6.45, 7) is 18.0. The van der Waals surface area contributed by atoms with Crippen LogP contribution in [-0.2, 0) is 10.2 Å². The van der Waals surface area contributed by atoms with Crippen LogP contribution in [0.15, 0.2) is 48.5 Å². The zero-order chi connectivity index (χ0) is 35.1. The Labute approximate surface area is 291 Å². The van der Waals surface area contributed by atoms with Gasteiger partial charge in [0, 0.05) is 50.2 Å². The van der Waals surface area contributed by atoms with Crippen molar-refractivity contribution in [1.82, 2.24) is 14.7 Å². The summed E-state index contributed by atoms with van der Waals surface area (Å²) in [5.74, 6) is 0.128. The van der Waals surface area contributed by atoms with Gasteiger partial charge in [-0.3, -0.25) is 24.2 Å². The van der Waals surface area contributed by atoms with E-state index < -0.39 is 11.7 Å². The molecule has 0 atom stereocenters. The van der Waals surface area contributed by atoms with Gasteiger partial charge >= 0.3 is 0 Å². The molecule has 1 saturated heterocycles. The van der Waals surface area contributed by atoms with Gasteiger partial charge in [-0.05, 0) is 85.3 Å².